The van der Waals surface area contributed by atoms with Gasteiger partial charge in [0, 0.05) is 11.6 Å². The van der Waals surface area contributed by atoms with Gasteiger partial charge < -0.3 is 5.32 Å². The zero-order chi connectivity index (χ0) is 20.5. The van der Waals surface area contributed by atoms with Crippen molar-refractivity contribution in [2.45, 2.75) is 49.7 Å². The maximum absolute atomic E-state index is 13.1. The lowest BCUT2D eigenvalue weighted by Crippen LogP contribution is -2.34. The standard InChI is InChI=1S/C20H23F3N2O2S/c1-2-9-25-17-7-5-13-10-15(4-3-14(13)11-17)18-12-16(20(21,22)23)6-8-19(18)28(24,26)27/h3-4,6,8,10,12,17,25H,2,5,7,9,11H2,1H3,(H2,24,26,27)/t17-/m0/s1. The molecule has 1 aliphatic carbocycles. The van der Waals surface area contributed by atoms with E-state index >= 15 is 0 Å². The van der Waals surface area contributed by atoms with Gasteiger partial charge in [-0.15, -0.1) is 0 Å². The van der Waals surface area contributed by atoms with Gasteiger partial charge >= 0.3 is 6.18 Å². The summed E-state index contributed by atoms with van der Waals surface area (Å²) in [5.41, 5.74) is 1.66. The molecule has 2 aromatic carbocycles. The monoisotopic (exact) mass is 412 g/mol. The number of fused-ring (bicyclic) bond motifs is 1. The Hall–Kier alpha value is -1.90. The Kier molecular flexibility index (Phi) is 5.84. The summed E-state index contributed by atoms with van der Waals surface area (Å²) in [5.74, 6) is 0. The highest BCUT2D eigenvalue weighted by molar-refractivity contribution is 7.89. The number of rotatable bonds is 5. The van der Waals surface area contributed by atoms with Crippen molar-refractivity contribution in [3.63, 3.8) is 0 Å². The third-order valence-corrected chi connectivity index (χ3v) is 6.01. The first-order valence-corrected chi connectivity index (χ1v) is 10.7. The normalized spacial score (nSPS) is 17.4. The molecule has 0 saturated carbocycles. The fraction of sp³-hybridized carbons (Fsp3) is 0.400. The highest BCUT2D eigenvalue weighted by atomic mass is 32.2. The van der Waals surface area contributed by atoms with E-state index in [4.69, 9.17) is 5.14 Å². The molecule has 1 atom stereocenters. The van der Waals surface area contributed by atoms with E-state index in [1.54, 1.807) is 12.1 Å². The molecule has 0 amide bonds. The molecule has 0 radical (unpaired) electrons. The molecule has 0 heterocycles. The summed E-state index contributed by atoms with van der Waals surface area (Å²) >= 11 is 0. The lowest BCUT2D eigenvalue weighted by Gasteiger charge is -2.26. The van der Waals surface area contributed by atoms with Crippen LogP contribution in [0.2, 0.25) is 0 Å². The molecule has 0 aliphatic heterocycles. The molecule has 3 N–H and O–H groups in total. The molecular weight excluding hydrogens is 389 g/mol. The molecule has 1 aliphatic rings. The van der Waals surface area contributed by atoms with Gasteiger partial charge in [-0.3, -0.25) is 0 Å². The number of halogens is 3. The fourth-order valence-corrected chi connectivity index (χ4v) is 4.37. The van der Waals surface area contributed by atoms with Gasteiger partial charge in [0.05, 0.1) is 10.5 Å². The van der Waals surface area contributed by atoms with E-state index in [-0.39, 0.29) is 10.5 Å². The number of benzene rings is 2. The van der Waals surface area contributed by atoms with Crippen LogP contribution in [0.25, 0.3) is 11.1 Å². The van der Waals surface area contributed by atoms with Crippen LogP contribution in [-0.2, 0) is 29.0 Å². The van der Waals surface area contributed by atoms with Gasteiger partial charge in [0.25, 0.3) is 0 Å². The van der Waals surface area contributed by atoms with Gasteiger partial charge in [-0.2, -0.15) is 13.2 Å². The predicted octanol–water partition coefficient (Wildman–Crippen LogP) is 3.88. The Labute approximate surface area is 163 Å². The van der Waals surface area contributed by atoms with Crippen molar-refractivity contribution in [1.82, 2.24) is 5.32 Å². The van der Waals surface area contributed by atoms with Gasteiger partial charge in [0.1, 0.15) is 0 Å². The van der Waals surface area contributed by atoms with Gasteiger partial charge in [-0.25, -0.2) is 13.6 Å². The van der Waals surface area contributed by atoms with E-state index in [0.717, 1.165) is 61.6 Å². The van der Waals surface area contributed by atoms with Crippen LogP contribution in [0.15, 0.2) is 41.3 Å². The van der Waals surface area contributed by atoms with E-state index < -0.39 is 21.8 Å². The molecule has 0 bridgehead atoms. The molecule has 0 fully saturated rings. The molecule has 0 spiro atoms. The largest absolute Gasteiger partial charge is 0.416 e. The number of hydrogen-bond donors (Lipinski definition) is 2. The van der Waals surface area contributed by atoms with Crippen LogP contribution in [0.1, 0.15) is 36.5 Å². The number of alkyl halides is 3. The van der Waals surface area contributed by atoms with E-state index in [1.807, 2.05) is 6.07 Å². The summed E-state index contributed by atoms with van der Waals surface area (Å²) in [6, 6.07) is 8.24. The van der Waals surface area contributed by atoms with Crippen molar-refractivity contribution in [3.8, 4) is 11.1 Å². The fourth-order valence-electron chi connectivity index (χ4n) is 3.63. The zero-order valence-electron chi connectivity index (χ0n) is 15.5. The summed E-state index contributed by atoms with van der Waals surface area (Å²) in [5, 5.41) is 8.73. The average Bonchev–Trinajstić information content (AvgIpc) is 2.64. The van der Waals surface area contributed by atoms with Crippen LogP contribution in [0.5, 0.6) is 0 Å². The molecule has 0 saturated heterocycles. The van der Waals surface area contributed by atoms with E-state index in [9.17, 15) is 21.6 Å². The van der Waals surface area contributed by atoms with E-state index in [2.05, 4.69) is 12.2 Å². The highest BCUT2D eigenvalue weighted by Gasteiger charge is 2.32. The summed E-state index contributed by atoms with van der Waals surface area (Å²) in [4.78, 5) is -0.307. The highest BCUT2D eigenvalue weighted by Crippen LogP contribution is 2.36. The molecular formula is C20H23F3N2O2S. The first-order chi connectivity index (χ1) is 13.1. The molecule has 4 nitrogen and oxygen atoms in total. The van der Waals surface area contributed by atoms with Gasteiger partial charge in [-0.05, 0) is 67.1 Å². The second kappa shape index (κ2) is 7.85. The lowest BCUT2D eigenvalue weighted by molar-refractivity contribution is -0.137. The van der Waals surface area contributed by atoms with E-state index in [0.29, 0.717) is 11.6 Å². The minimum absolute atomic E-state index is 0.0219. The van der Waals surface area contributed by atoms with Gasteiger partial charge in [0.15, 0.2) is 0 Å². The average molecular weight is 412 g/mol. The van der Waals surface area contributed by atoms with Crippen molar-refractivity contribution >= 4 is 10.0 Å². The van der Waals surface area contributed by atoms with Crippen molar-refractivity contribution in [2.75, 3.05) is 6.54 Å². The Bertz CT molecular complexity index is 972. The first-order valence-electron chi connectivity index (χ1n) is 9.19. The van der Waals surface area contributed by atoms with Crippen LogP contribution >= 0.6 is 0 Å². The van der Waals surface area contributed by atoms with Crippen molar-refractivity contribution < 1.29 is 21.6 Å². The van der Waals surface area contributed by atoms with Crippen LogP contribution in [-0.4, -0.2) is 21.0 Å². The molecule has 2 aromatic rings. The molecule has 3 rings (SSSR count). The number of aryl methyl sites for hydroxylation is 1. The molecule has 28 heavy (non-hydrogen) atoms. The number of nitrogens with one attached hydrogen (secondary N) is 1. The van der Waals surface area contributed by atoms with Crippen molar-refractivity contribution in [2.24, 2.45) is 5.14 Å². The maximum atomic E-state index is 13.1. The molecule has 152 valence electrons. The first kappa shape index (κ1) is 20.8. The minimum Gasteiger partial charge on any atom is -0.314 e. The van der Waals surface area contributed by atoms with Crippen molar-refractivity contribution in [3.05, 3.63) is 53.1 Å². The van der Waals surface area contributed by atoms with Crippen LogP contribution in [0, 0.1) is 0 Å². The molecule has 0 aromatic heterocycles. The van der Waals surface area contributed by atoms with E-state index in [1.165, 1.54) is 0 Å². The Morgan fingerprint density at radius 1 is 1.14 bits per heavy atom. The summed E-state index contributed by atoms with van der Waals surface area (Å²) < 4.78 is 63.2. The quantitative estimate of drug-likeness (QED) is 0.783. The third-order valence-electron chi connectivity index (χ3n) is 5.04. The third kappa shape index (κ3) is 4.56. The molecule has 0 unspecified atom stereocenters. The summed E-state index contributed by atoms with van der Waals surface area (Å²) in [6.45, 7) is 3.05. The number of primary sulfonamides is 1. The second-order valence-corrected chi connectivity index (χ2v) is 8.66. The zero-order valence-corrected chi connectivity index (χ0v) is 16.3. The Balaban J connectivity index is 2.02. The smallest absolute Gasteiger partial charge is 0.314 e. The van der Waals surface area contributed by atoms with Gasteiger partial charge in [-0.1, -0.05) is 25.1 Å². The predicted molar refractivity (Wildman–Crippen MR) is 102 cm³/mol. The number of hydrogen-bond acceptors (Lipinski definition) is 3. The number of nitrogens with two attached hydrogens (primary N) is 1. The maximum Gasteiger partial charge on any atom is 0.416 e. The molecule has 8 heteroatoms. The summed E-state index contributed by atoms with van der Waals surface area (Å²) in [6.07, 6.45) is -0.957. The second-order valence-electron chi connectivity index (χ2n) is 7.13. The SMILES string of the molecule is CCCN[C@H]1CCc2cc(-c3cc(C(F)(F)F)ccc3S(N)(=O)=O)ccc2C1. The van der Waals surface area contributed by atoms with Crippen LogP contribution < -0.4 is 10.5 Å². The number of sulfonamides is 1. The van der Waals surface area contributed by atoms with Gasteiger partial charge in [0.2, 0.25) is 10.0 Å². The van der Waals surface area contributed by atoms with Crippen LogP contribution in [0.4, 0.5) is 13.2 Å². The van der Waals surface area contributed by atoms with Crippen LogP contribution in [0.3, 0.4) is 0 Å². The topological polar surface area (TPSA) is 72.2 Å². The minimum atomic E-state index is -4.57. The van der Waals surface area contributed by atoms with Crippen molar-refractivity contribution in [1.29, 1.82) is 0 Å². The lowest BCUT2D eigenvalue weighted by atomic mass is 9.86. The summed E-state index contributed by atoms with van der Waals surface area (Å²) in [7, 11) is -4.16. The Morgan fingerprint density at radius 2 is 1.89 bits per heavy atom. The Morgan fingerprint density at radius 3 is 2.54 bits per heavy atom.